The molecule has 3 aromatic rings. The number of likely N-dealkylation sites (tertiary alicyclic amines) is 1. The number of carbonyl (C=O) groups excluding carboxylic acids is 1. The SMILES string of the molecule is CC1CCCCN1CCCNC(=O)CC(c1ccc(Cl)c(C(F)(F)F)c1)c1c[nH]c2ccccc12. The molecule has 188 valence electrons. The van der Waals surface area contributed by atoms with E-state index in [2.05, 4.69) is 22.1 Å². The van der Waals surface area contributed by atoms with Crippen LogP contribution in [0.1, 0.15) is 61.6 Å². The van der Waals surface area contributed by atoms with E-state index in [1.54, 1.807) is 12.3 Å². The standard InChI is InChI=1S/C27H31ClF3N3O/c1-18-7-4-5-13-34(18)14-6-12-32-26(35)16-21(22-17-33-25-9-3-2-8-20(22)25)19-10-11-24(28)23(15-19)27(29,30)31/h2-3,8-11,15,17-18,21,33H,4-7,12-14,16H2,1H3,(H,32,35). The predicted octanol–water partition coefficient (Wildman–Crippen LogP) is 6.74. The molecule has 0 bridgehead atoms. The summed E-state index contributed by atoms with van der Waals surface area (Å²) in [5.41, 5.74) is 1.17. The Bertz CT molecular complexity index is 1160. The minimum atomic E-state index is -4.58. The number of para-hydroxylation sites is 1. The largest absolute Gasteiger partial charge is 0.417 e. The third-order valence-corrected chi connectivity index (χ3v) is 7.30. The molecule has 1 saturated heterocycles. The number of halogens is 4. The van der Waals surface area contributed by atoms with Gasteiger partial charge in [0, 0.05) is 48.6 Å². The Morgan fingerprint density at radius 1 is 1.23 bits per heavy atom. The Hall–Kier alpha value is -2.51. The summed E-state index contributed by atoms with van der Waals surface area (Å²) in [4.78, 5) is 18.6. The molecule has 2 N–H and O–H groups in total. The van der Waals surface area contributed by atoms with Gasteiger partial charge in [-0.05, 0) is 62.1 Å². The topological polar surface area (TPSA) is 48.1 Å². The zero-order valence-corrected chi connectivity index (χ0v) is 20.6. The van der Waals surface area contributed by atoms with Gasteiger partial charge in [0.25, 0.3) is 0 Å². The van der Waals surface area contributed by atoms with E-state index in [0.29, 0.717) is 18.2 Å². The number of fused-ring (bicyclic) bond motifs is 1. The van der Waals surface area contributed by atoms with E-state index in [1.165, 1.54) is 25.3 Å². The van der Waals surface area contributed by atoms with E-state index >= 15 is 0 Å². The number of carbonyl (C=O) groups is 1. The Morgan fingerprint density at radius 3 is 2.80 bits per heavy atom. The van der Waals surface area contributed by atoms with Crippen molar-refractivity contribution in [2.24, 2.45) is 0 Å². The fourth-order valence-corrected chi connectivity index (χ4v) is 5.25. The van der Waals surface area contributed by atoms with Crippen LogP contribution in [0.2, 0.25) is 5.02 Å². The first kappa shape index (κ1) is 25.6. The lowest BCUT2D eigenvalue weighted by atomic mass is 9.87. The van der Waals surface area contributed by atoms with Crippen LogP contribution >= 0.6 is 11.6 Å². The van der Waals surface area contributed by atoms with Gasteiger partial charge in [0.1, 0.15) is 0 Å². The fourth-order valence-electron chi connectivity index (χ4n) is 5.02. The Balaban J connectivity index is 1.51. The van der Waals surface area contributed by atoms with Crippen LogP contribution in [0, 0.1) is 0 Å². The fraction of sp³-hybridized carbons (Fsp3) is 0.444. The summed E-state index contributed by atoms with van der Waals surface area (Å²) in [5.74, 6) is -0.734. The van der Waals surface area contributed by atoms with Crippen molar-refractivity contribution in [2.75, 3.05) is 19.6 Å². The predicted molar refractivity (Wildman–Crippen MR) is 134 cm³/mol. The second kappa shape index (κ2) is 11.0. The van der Waals surface area contributed by atoms with Crippen LogP contribution in [0.5, 0.6) is 0 Å². The molecular formula is C27H31ClF3N3O. The van der Waals surface area contributed by atoms with Crippen molar-refractivity contribution < 1.29 is 18.0 Å². The van der Waals surface area contributed by atoms with Crippen molar-refractivity contribution in [3.63, 3.8) is 0 Å². The highest BCUT2D eigenvalue weighted by atomic mass is 35.5. The monoisotopic (exact) mass is 505 g/mol. The molecule has 2 aromatic carbocycles. The van der Waals surface area contributed by atoms with Crippen LogP contribution < -0.4 is 5.32 Å². The number of H-pyrrole nitrogens is 1. The number of hydrogen-bond donors (Lipinski definition) is 2. The first-order chi connectivity index (χ1) is 16.7. The van der Waals surface area contributed by atoms with E-state index in [9.17, 15) is 18.0 Å². The molecule has 0 spiro atoms. The number of nitrogens with one attached hydrogen (secondary N) is 2. The van der Waals surface area contributed by atoms with Gasteiger partial charge in [-0.1, -0.05) is 42.3 Å². The van der Waals surface area contributed by atoms with Crippen molar-refractivity contribution in [1.29, 1.82) is 0 Å². The highest BCUT2D eigenvalue weighted by Gasteiger charge is 2.34. The van der Waals surface area contributed by atoms with E-state index in [0.717, 1.165) is 42.0 Å². The third-order valence-electron chi connectivity index (χ3n) is 6.97. The molecule has 1 amide bonds. The lowest BCUT2D eigenvalue weighted by Crippen LogP contribution is -2.39. The first-order valence-corrected chi connectivity index (χ1v) is 12.5. The molecule has 0 aliphatic carbocycles. The maximum Gasteiger partial charge on any atom is 0.417 e. The smallest absolute Gasteiger partial charge is 0.361 e. The van der Waals surface area contributed by atoms with Crippen LogP contribution in [0.3, 0.4) is 0 Å². The lowest BCUT2D eigenvalue weighted by Gasteiger charge is -2.33. The number of hydrogen-bond acceptors (Lipinski definition) is 2. The van der Waals surface area contributed by atoms with Gasteiger partial charge in [-0.25, -0.2) is 0 Å². The first-order valence-electron chi connectivity index (χ1n) is 12.2. The summed E-state index contributed by atoms with van der Waals surface area (Å²) in [5, 5.41) is 3.51. The van der Waals surface area contributed by atoms with Crippen LogP contribution in [0.4, 0.5) is 13.2 Å². The maximum atomic E-state index is 13.6. The molecule has 4 rings (SSSR count). The second-order valence-corrected chi connectivity index (χ2v) is 9.77. The number of aromatic amines is 1. The Labute approximate surface area is 208 Å². The summed E-state index contributed by atoms with van der Waals surface area (Å²) >= 11 is 5.86. The van der Waals surface area contributed by atoms with E-state index in [1.807, 2.05) is 24.3 Å². The molecule has 35 heavy (non-hydrogen) atoms. The van der Waals surface area contributed by atoms with Crippen LogP contribution in [-0.4, -0.2) is 41.5 Å². The van der Waals surface area contributed by atoms with Gasteiger partial charge < -0.3 is 15.2 Å². The van der Waals surface area contributed by atoms with Crippen molar-refractivity contribution >= 4 is 28.4 Å². The van der Waals surface area contributed by atoms with Gasteiger partial charge >= 0.3 is 6.18 Å². The van der Waals surface area contributed by atoms with Crippen LogP contribution in [-0.2, 0) is 11.0 Å². The summed E-state index contributed by atoms with van der Waals surface area (Å²) in [6.45, 7) is 4.80. The van der Waals surface area contributed by atoms with Gasteiger partial charge in [0.05, 0.1) is 10.6 Å². The van der Waals surface area contributed by atoms with Crippen molar-refractivity contribution in [1.82, 2.24) is 15.2 Å². The van der Waals surface area contributed by atoms with Gasteiger partial charge in [0.15, 0.2) is 0 Å². The molecule has 8 heteroatoms. The summed E-state index contributed by atoms with van der Waals surface area (Å²) in [6.07, 6.45) is 1.77. The maximum absolute atomic E-state index is 13.6. The van der Waals surface area contributed by atoms with Crippen LogP contribution in [0.25, 0.3) is 10.9 Å². The lowest BCUT2D eigenvalue weighted by molar-refractivity contribution is -0.137. The molecule has 4 nitrogen and oxygen atoms in total. The quantitative estimate of drug-likeness (QED) is 0.333. The Morgan fingerprint density at radius 2 is 2.03 bits per heavy atom. The molecule has 0 saturated carbocycles. The molecule has 1 aliphatic heterocycles. The van der Waals surface area contributed by atoms with Gasteiger partial charge in [0.2, 0.25) is 5.91 Å². The van der Waals surface area contributed by atoms with E-state index in [4.69, 9.17) is 11.6 Å². The van der Waals surface area contributed by atoms with Gasteiger partial charge in [-0.3, -0.25) is 4.79 Å². The van der Waals surface area contributed by atoms with E-state index < -0.39 is 17.7 Å². The molecule has 2 unspecified atom stereocenters. The molecule has 1 aromatic heterocycles. The average Bonchev–Trinajstić information content (AvgIpc) is 3.25. The molecule has 1 aliphatic rings. The van der Waals surface area contributed by atoms with Crippen molar-refractivity contribution in [3.8, 4) is 0 Å². The number of rotatable bonds is 8. The second-order valence-electron chi connectivity index (χ2n) is 9.37. The van der Waals surface area contributed by atoms with Crippen molar-refractivity contribution in [3.05, 3.63) is 70.4 Å². The minimum absolute atomic E-state index is 0.0426. The summed E-state index contributed by atoms with van der Waals surface area (Å²) in [6, 6.07) is 12.1. The molecule has 2 atom stereocenters. The number of amides is 1. The normalized spacial score (nSPS) is 18.0. The van der Waals surface area contributed by atoms with Crippen LogP contribution in [0.15, 0.2) is 48.7 Å². The highest BCUT2D eigenvalue weighted by molar-refractivity contribution is 6.31. The number of alkyl halides is 3. The van der Waals surface area contributed by atoms with E-state index in [-0.39, 0.29) is 17.4 Å². The number of aromatic nitrogens is 1. The zero-order chi connectivity index (χ0) is 25.0. The molecule has 1 fully saturated rings. The summed E-state index contributed by atoms with van der Waals surface area (Å²) in [7, 11) is 0. The minimum Gasteiger partial charge on any atom is -0.361 e. The van der Waals surface area contributed by atoms with Crippen molar-refractivity contribution in [2.45, 2.75) is 57.2 Å². The summed E-state index contributed by atoms with van der Waals surface area (Å²) < 4.78 is 40.7. The average molecular weight is 506 g/mol. The molecule has 0 radical (unpaired) electrons. The van der Waals surface area contributed by atoms with Gasteiger partial charge in [-0.2, -0.15) is 13.2 Å². The highest BCUT2D eigenvalue weighted by Crippen LogP contribution is 2.39. The number of benzene rings is 2. The number of nitrogens with zero attached hydrogens (tertiary/aromatic N) is 1. The molecule has 2 heterocycles. The Kier molecular flexibility index (Phi) is 8.07. The zero-order valence-electron chi connectivity index (χ0n) is 19.8. The molecular weight excluding hydrogens is 475 g/mol. The van der Waals surface area contributed by atoms with Gasteiger partial charge in [-0.15, -0.1) is 0 Å². The third kappa shape index (κ3) is 6.19. The number of piperidine rings is 1.